The summed E-state index contributed by atoms with van der Waals surface area (Å²) in [5.41, 5.74) is 1.34. The number of ether oxygens (including phenoxy) is 1. The van der Waals surface area contributed by atoms with Gasteiger partial charge in [-0.3, -0.25) is 9.59 Å². The second-order valence-electron chi connectivity index (χ2n) is 7.90. The second-order valence-corrected chi connectivity index (χ2v) is 7.90. The molecule has 31 heavy (non-hydrogen) atoms. The molecule has 0 fully saturated rings. The van der Waals surface area contributed by atoms with Crippen molar-refractivity contribution in [3.8, 4) is 0 Å². The quantitative estimate of drug-likeness (QED) is 0.398. The zero-order chi connectivity index (χ0) is 23.8. The molecule has 0 aliphatic rings. The molecule has 0 aromatic heterocycles. The topological polar surface area (TPSA) is 82.2 Å². The Morgan fingerprint density at radius 3 is 2.35 bits per heavy atom. The summed E-state index contributed by atoms with van der Waals surface area (Å²) in [5, 5.41) is 2.64. The van der Waals surface area contributed by atoms with Crippen LogP contribution >= 0.6 is 0 Å². The van der Waals surface area contributed by atoms with E-state index in [1.54, 1.807) is 21.6 Å². The van der Waals surface area contributed by atoms with Gasteiger partial charge in [-0.15, -0.1) is 0 Å². The van der Waals surface area contributed by atoms with Crippen LogP contribution in [0, 0.1) is 0 Å². The summed E-state index contributed by atoms with van der Waals surface area (Å²) in [5.74, 6) is -0.0627. The van der Waals surface area contributed by atoms with E-state index in [-0.39, 0.29) is 37.6 Å². The van der Waals surface area contributed by atoms with Gasteiger partial charge in [-0.2, -0.15) is 0 Å². The predicted molar refractivity (Wildman–Crippen MR) is 125 cm³/mol. The van der Waals surface area contributed by atoms with Crippen LogP contribution in [0.15, 0.2) is 24.3 Å². The minimum Gasteiger partial charge on any atom is -0.445 e. The number of likely N-dealkylation sites (N-methyl/N-ethyl adjacent to an activating group) is 1. The number of hydrogen-bond acceptors (Lipinski definition) is 5. The summed E-state index contributed by atoms with van der Waals surface area (Å²) >= 11 is 0. The van der Waals surface area contributed by atoms with Crippen LogP contribution in [0.4, 0.5) is 4.79 Å². The molecular formula is C23H42N4O4. The first-order valence-corrected chi connectivity index (χ1v) is 11.0. The molecule has 0 aliphatic carbocycles. The minimum absolute atomic E-state index is 0.00932. The Morgan fingerprint density at radius 1 is 1.16 bits per heavy atom. The zero-order valence-corrected chi connectivity index (χ0v) is 20.3. The molecule has 0 saturated heterocycles. The minimum atomic E-state index is -0.548. The molecule has 0 aliphatic heterocycles. The molecule has 0 heterocycles. The van der Waals surface area contributed by atoms with Crippen molar-refractivity contribution in [2.45, 2.75) is 53.0 Å². The van der Waals surface area contributed by atoms with Gasteiger partial charge < -0.3 is 24.8 Å². The molecule has 0 rings (SSSR count). The maximum absolute atomic E-state index is 12.8. The first-order valence-electron chi connectivity index (χ1n) is 11.0. The van der Waals surface area contributed by atoms with Crippen LogP contribution in [0.3, 0.4) is 0 Å². The lowest BCUT2D eigenvalue weighted by atomic mass is 10.1. The van der Waals surface area contributed by atoms with E-state index in [1.165, 1.54) is 11.6 Å². The maximum atomic E-state index is 12.8. The van der Waals surface area contributed by atoms with Crippen molar-refractivity contribution in [1.29, 1.82) is 0 Å². The van der Waals surface area contributed by atoms with Gasteiger partial charge >= 0.3 is 6.09 Å². The molecule has 8 heteroatoms. The molecule has 0 aromatic carbocycles. The number of carbonyl (C=O) groups excluding carboxylic acids is 3. The predicted octanol–water partition coefficient (Wildman–Crippen LogP) is 2.66. The highest BCUT2D eigenvalue weighted by atomic mass is 16.5. The average Bonchev–Trinajstić information content (AvgIpc) is 2.70. The van der Waals surface area contributed by atoms with Crippen LogP contribution < -0.4 is 5.32 Å². The Hall–Kier alpha value is -2.35. The van der Waals surface area contributed by atoms with E-state index in [0.717, 1.165) is 19.3 Å². The van der Waals surface area contributed by atoms with E-state index >= 15 is 0 Å². The standard InChI is InChI=1S/C23H42N4O4/c1-8-11-21(10-3)12-14-26(20(5)28)17-19(4)27(22(29)18-25(6)7)15-13-24-23(30)31-16-9-2/h9-10,19H,2,8,11-18H2,1,3-7H3,(H,24,30)/b21-10+. The number of alkyl carbamates (subject to hydrolysis) is 1. The van der Waals surface area contributed by atoms with Crippen molar-refractivity contribution in [1.82, 2.24) is 20.0 Å². The number of nitrogens with zero attached hydrogens (tertiary/aromatic N) is 3. The van der Waals surface area contributed by atoms with Crippen LogP contribution in [0.5, 0.6) is 0 Å². The van der Waals surface area contributed by atoms with Crippen LogP contribution in [-0.2, 0) is 14.3 Å². The normalized spacial score (nSPS) is 12.3. The van der Waals surface area contributed by atoms with Crippen molar-refractivity contribution in [2.75, 3.05) is 53.4 Å². The molecule has 178 valence electrons. The molecule has 0 spiro atoms. The monoisotopic (exact) mass is 438 g/mol. The summed E-state index contributed by atoms with van der Waals surface area (Å²) in [6.45, 7) is 13.2. The van der Waals surface area contributed by atoms with Gasteiger partial charge in [-0.05, 0) is 40.8 Å². The third-order valence-corrected chi connectivity index (χ3v) is 4.87. The van der Waals surface area contributed by atoms with Crippen LogP contribution in [0.1, 0.15) is 47.0 Å². The molecule has 0 aromatic rings. The smallest absolute Gasteiger partial charge is 0.407 e. The Labute approximate surface area is 188 Å². The lowest BCUT2D eigenvalue weighted by molar-refractivity contribution is -0.137. The SMILES string of the molecule is C=CCOC(=O)NCCN(C(=O)CN(C)C)C(C)CN(CC/C(=C/C)CCC)C(C)=O. The van der Waals surface area contributed by atoms with E-state index in [4.69, 9.17) is 4.74 Å². The van der Waals surface area contributed by atoms with E-state index in [9.17, 15) is 14.4 Å². The molecule has 1 atom stereocenters. The first kappa shape index (κ1) is 28.6. The Morgan fingerprint density at radius 2 is 1.84 bits per heavy atom. The van der Waals surface area contributed by atoms with Gasteiger partial charge in [0, 0.05) is 39.1 Å². The fourth-order valence-electron chi connectivity index (χ4n) is 3.22. The van der Waals surface area contributed by atoms with Gasteiger partial charge in [0.25, 0.3) is 0 Å². The molecule has 0 radical (unpaired) electrons. The van der Waals surface area contributed by atoms with Gasteiger partial charge in [-0.1, -0.05) is 37.6 Å². The third kappa shape index (κ3) is 12.8. The summed E-state index contributed by atoms with van der Waals surface area (Å²) < 4.78 is 4.90. The lowest BCUT2D eigenvalue weighted by Gasteiger charge is -2.34. The number of nitrogens with one attached hydrogen (secondary N) is 1. The zero-order valence-electron chi connectivity index (χ0n) is 20.3. The van der Waals surface area contributed by atoms with Gasteiger partial charge in [0.1, 0.15) is 6.61 Å². The summed E-state index contributed by atoms with van der Waals surface area (Å²) in [6.07, 6.45) is 6.00. The largest absolute Gasteiger partial charge is 0.445 e. The van der Waals surface area contributed by atoms with Gasteiger partial charge in [0.15, 0.2) is 0 Å². The fraction of sp³-hybridized carbons (Fsp3) is 0.696. The highest BCUT2D eigenvalue weighted by Crippen LogP contribution is 2.12. The Bertz CT molecular complexity index is 604. The number of rotatable bonds is 15. The molecular weight excluding hydrogens is 396 g/mol. The van der Waals surface area contributed by atoms with Crippen molar-refractivity contribution in [2.24, 2.45) is 0 Å². The number of carbonyl (C=O) groups is 3. The van der Waals surface area contributed by atoms with Gasteiger partial charge in [0.05, 0.1) is 6.54 Å². The van der Waals surface area contributed by atoms with E-state index in [1.807, 2.05) is 27.9 Å². The first-order chi connectivity index (χ1) is 14.7. The van der Waals surface area contributed by atoms with E-state index in [2.05, 4.69) is 24.9 Å². The molecule has 0 bridgehead atoms. The Kier molecular flexibility index (Phi) is 15.1. The third-order valence-electron chi connectivity index (χ3n) is 4.87. The number of allylic oxidation sites excluding steroid dienone is 1. The van der Waals surface area contributed by atoms with Crippen molar-refractivity contribution < 1.29 is 19.1 Å². The van der Waals surface area contributed by atoms with Crippen LogP contribution in [0.25, 0.3) is 0 Å². The Balaban J connectivity index is 5.08. The van der Waals surface area contributed by atoms with Crippen LogP contribution in [0.2, 0.25) is 0 Å². The van der Waals surface area contributed by atoms with Crippen molar-refractivity contribution >= 4 is 17.9 Å². The second kappa shape index (κ2) is 16.4. The lowest BCUT2D eigenvalue weighted by Crippen LogP contribution is -2.51. The van der Waals surface area contributed by atoms with Crippen LogP contribution in [-0.4, -0.2) is 92.1 Å². The highest BCUT2D eigenvalue weighted by molar-refractivity contribution is 5.79. The molecule has 1 N–H and O–H groups in total. The summed E-state index contributed by atoms with van der Waals surface area (Å²) in [4.78, 5) is 42.0. The van der Waals surface area contributed by atoms with Crippen molar-refractivity contribution in [3.63, 3.8) is 0 Å². The summed E-state index contributed by atoms with van der Waals surface area (Å²) in [6, 6.07) is -0.192. The van der Waals surface area contributed by atoms with E-state index < -0.39 is 6.09 Å². The summed E-state index contributed by atoms with van der Waals surface area (Å²) in [7, 11) is 3.67. The van der Waals surface area contributed by atoms with Gasteiger partial charge in [-0.25, -0.2) is 4.79 Å². The van der Waals surface area contributed by atoms with Crippen molar-refractivity contribution in [3.05, 3.63) is 24.3 Å². The molecule has 0 saturated carbocycles. The number of hydrogen-bond donors (Lipinski definition) is 1. The molecule has 3 amide bonds. The molecule has 1 unspecified atom stereocenters. The maximum Gasteiger partial charge on any atom is 0.407 e. The highest BCUT2D eigenvalue weighted by Gasteiger charge is 2.23. The number of amides is 3. The van der Waals surface area contributed by atoms with Gasteiger partial charge in [0.2, 0.25) is 11.8 Å². The molecule has 8 nitrogen and oxygen atoms in total. The fourth-order valence-corrected chi connectivity index (χ4v) is 3.22. The van der Waals surface area contributed by atoms with E-state index in [0.29, 0.717) is 19.6 Å². The average molecular weight is 439 g/mol.